The minimum Gasteiger partial charge on any atom is -0.497 e. The fourth-order valence-electron chi connectivity index (χ4n) is 1.71. The van der Waals surface area contributed by atoms with Crippen molar-refractivity contribution in [2.45, 2.75) is 12.5 Å². The molecular weight excluding hydrogens is 222 g/mol. The molecule has 0 saturated carbocycles. The molecule has 0 aliphatic rings. The summed E-state index contributed by atoms with van der Waals surface area (Å²) in [5.74, 6) is -0.327. The molecule has 0 radical (unpaired) electrons. The van der Waals surface area contributed by atoms with E-state index in [0.717, 1.165) is 10.9 Å². The molecule has 17 heavy (non-hydrogen) atoms. The van der Waals surface area contributed by atoms with E-state index in [9.17, 15) is 9.90 Å². The molecule has 3 N–H and O–H groups in total. The Hall–Kier alpha value is -2.01. The van der Waals surface area contributed by atoms with Crippen LogP contribution in [-0.4, -0.2) is 28.3 Å². The van der Waals surface area contributed by atoms with Crippen LogP contribution in [0.2, 0.25) is 0 Å². The lowest BCUT2D eigenvalue weighted by Crippen LogP contribution is -2.05. The van der Waals surface area contributed by atoms with Crippen LogP contribution in [0.5, 0.6) is 5.75 Å². The second-order valence-electron chi connectivity index (χ2n) is 3.79. The van der Waals surface area contributed by atoms with E-state index in [1.54, 1.807) is 19.2 Å². The normalized spacial score (nSPS) is 12.6. The number of aromatic amines is 1. The van der Waals surface area contributed by atoms with Gasteiger partial charge in [-0.3, -0.25) is 4.79 Å². The molecule has 90 valence electrons. The molecule has 0 bridgehead atoms. The van der Waals surface area contributed by atoms with Gasteiger partial charge in [0.05, 0.1) is 13.5 Å². The largest absolute Gasteiger partial charge is 0.497 e. The fourth-order valence-corrected chi connectivity index (χ4v) is 1.71. The maximum absolute atomic E-state index is 10.5. The van der Waals surface area contributed by atoms with Crippen LogP contribution in [0.25, 0.3) is 10.9 Å². The van der Waals surface area contributed by atoms with E-state index in [4.69, 9.17) is 9.84 Å². The molecular formula is C12H13NO4. The highest BCUT2D eigenvalue weighted by Gasteiger charge is 2.14. The topological polar surface area (TPSA) is 82.6 Å². The zero-order valence-electron chi connectivity index (χ0n) is 9.30. The third-order valence-corrected chi connectivity index (χ3v) is 2.58. The maximum Gasteiger partial charge on any atom is 0.306 e. The van der Waals surface area contributed by atoms with Crippen LogP contribution in [-0.2, 0) is 4.79 Å². The van der Waals surface area contributed by atoms with Gasteiger partial charge in [0.1, 0.15) is 11.9 Å². The standard InChI is InChI=1S/C12H13NO4/c1-17-8-3-2-7-4-10(13-9(7)5-8)11(14)6-12(15)16/h2-5,11,13-14H,6H2,1H3,(H,15,16). The molecule has 0 saturated heterocycles. The van der Waals surface area contributed by atoms with E-state index in [1.807, 2.05) is 12.1 Å². The van der Waals surface area contributed by atoms with Gasteiger partial charge in [0, 0.05) is 22.7 Å². The Morgan fingerprint density at radius 2 is 2.24 bits per heavy atom. The third-order valence-electron chi connectivity index (χ3n) is 2.58. The zero-order valence-corrected chi connectivity index (χ0v) is 9.30. The molecule has 5 nitrogen and oxygen atoms in total. The van der Waals surface area contributed by atoms with Crippen molar-refractivity contribution in [2.24, 2.45) is 0 Å². The van der Waals surface area contributed by atoms with Crippen molar-refractivity contribution in [1.29, 1.82) is 0 Å². The number of benzene rings is 1. The number of ether oxygens (including phenoxy) is 1. The van der Waals surface area contributed by atoms with Crippen molar-refractivity contribution in [3.8, 4) is 5.75 Å². The Balaban J connectivity index is 2.33. The lowest BCUT2D eigenvalue weighted by molar-refractivity contribution is -0.139. The molecule has 1 aromatic heterocycles. The molecule has 0 spiro atoms. The van der Waals surface area contributed by atoms with Gasteiger partial charge in [-0.1, -0.05) is 0 Å². The number of aliphatic hydroxyl groups excluding tert-OH is 1. The number of carboxylic acid groups (broad SMARTS) is 1. The predicted octanol–water partition coefficient (Wildman–Crippen LogP) is 1.68. The van der Waals surface area contributed by atoms with Crippen LogP contribution in [0.15, 0.2) is 24.3 Å². The molecule has 2 aromatic rings. The Kier molecular flexibility index (Phi) is 3.01. The van der Waals surface area contributed by atoms with Crippen molar-refractivity contribution < 1.29 is 19.7 Å². The molecule has 0 aliphatic carbocycles. The van der Waals surface area contributed by atoms with Crippen LogP contribution < -0.4 is 4.74 Å². The summed E-state index contributed by atoms with van der Waals surface area (Å²) in [6.45, 7) is 0. The molecule has 5 heteroatoms. The SMILES string of the molecule is COc1ccc2cc(C(O)CC(=O)O)[nH]c2c1. The number of H-pyrrole nitrogens is 1. The number of carbonyl (C=O) groups is 1. The third kappa shape index (κ3) is 2.39. The van der Waals surface area contributed by atoms with Crippen LogP contribution in [0.3, 0.4) is 0 Å². The number of carboxylic acids is 1. The first-order chi connectivity index (χ1) is 8.10. The molecule has 1 unspecified atom stereocenters. The Morgan fingerprint density at radius 3 is 2.88 bits per heavy atom. The summed E-state index contributed by atoms with van der Waals surface area (Å²) in [4.78, 5) is 13.5. The summed E-state index contributed by atoms with van der Waals surface area (Å²) in [5, 5.41) is 19.2. The molecule has 1 heterocycles. The molecule has 1 atom stereocenters. The number of aliphatic hydroxyl groups is 1. The van der Waals surface area contributed by atoms with Gasteiger partial charge in [-0.15, -0.1) is 0 Å². The zero-order chi connectivity index (χ0) is 12.4. The van der Waals surface area contributed by atoms with E-state index in [-0.39, 0.29) is 6.42 Å². The van der Waals surface area contributed by atoms with Gasteiger partial charge < -0.3 is 19.9 Å². The second-order valence-corrected chi connectivity index (χ2v) is 3.79. The Morgan fingerprint density at radius 1 is 1.47 bits per heavy atom. The van der Waals surface area contributed by atoms with Gasteiger partial charge in [0.2, 0.25) is 0 Å². The summed E-state index contributed by atoms with van der Waals surface area (Å²) >= 11 is 0. The summed E-state index contributed by atoms with van der Waals surface area (Å²) in [7, 11) is 1.57. The number of hydrogen-bond donors (Lipinski definition) is 3. The molecule has 1 aromatic carbocycles. The van der Waals surface area contributed by atoms with E-state index < -0.39 is 12.1 Å². The van der Waals surface area contributed by atoms with Gasteiger partial charge in [-0.25, -0.2) is 0 Å². The van der Waals surface area contributed by atoms with E-state index in [0.29, 0.717) is 11.4 Å². The van der Waals surface area contributed by atoms with Crippen molar-refractivity contribution in [1.82, 2.24) is 4.98 Å². The van der Waals surface area contributed by atoms with Gasteiger partial charge >= 0.3 is 5.97 Å². The highest BCUT2D eigenvalue weighted by molar-refractivity contribution is 5.82. The minimum absolute atomic E-state index is 0.316. The van der Waals surface area contributed by atoms with Crippen LogP contribution in [0, 0.1) is 0 Å². The van der Waals surface area contributed by atoms with Crippen molar-refractivity contribution in [3.63, 3.8) is 0 Å². The van der Waals surface area contributed by atoms with Crippen molar-refractivity contribution in [3.05, 3.63) is 30.0 Å². The summed E-state index contributed by atoms with van der Waals surface area (Å²) in [5.41, 5.74) is 1.31. The average molecular weight is 235 g/mol. The van der Waals surface area contributed by atoms with Crippen LogP contribution in [0.4, 0.5) is 0 Å². The fraction of sp³-hybridized carbons (Fsp3) is 0.250. The number of nitrogens with one attached hydrogen (secondary N) is 1. The smallest absolute Gasteiger partial charge is 0.306 e. The Labute approximate surface area is 97.6 Å². The molecule has 0 aliphatic heterocycles. The van der Waals surface area contributed by atoms with E-state index in [2.05, 4.69) is 4.98 Å². The Bertz CT molecular complexity index is 546. The summed E-state index contributed by atoms with van der Waals surface area (Å²) in [6, 6.07) is 7.19. The number of rotatable bonds is 4. The predicted molar refractivity (Wildman–Crippen MR) is 62.1 cm³/mol. The number of aliphatic carboxylic acids is 1. The highest BCUT2D eigenvalue weighted by atomic mass is 16.5. The van der Waals surface area contributed by atoms with Crippen molar-refractivity contribution >= 4 is 16.9 Å². The lowest BCUT2D eigenvalue weighted by atomic mass is 10.2. The summed E-state index contributed by atoms with van der Waals surface area (Å²) < 4.78 is 5.08. The van der Waals surface area contributed by atoms with Crippen LogP contribution in [0.1, 0.15) is 18.2 Å². The number of fused-ring (bicyclic) bond motifs is 1. The first-order valence-corrected chi connectivity index (χ1v) is 5.16. The van der Waals surface area contributed by atoms with Gasteiger partial charge in [0.25, 0.3) is 0 Å². The molecule has 0 fully saturated rings. The number of methoxy groups -OCH3 is 1. The van der Waals surface area contributed by atoms with Gasteiger partial charge in [-0.05, 0) is 18.2 Å². The van der Waals surface area contributed by atoms with Crippen LogP contribution >= 0.6 is 0 Å². The monoisotopic (exact) mass is 235 g/mol. The average Bonchev–Trinajstić information content (AvgIpc) is 2.70. The first kappa shape index (κ1) is 11.5. The summed E-state index contributed by atoms with van der Waals surface area (Å²) in [6.07, 6.45) is -1.34. The second kappa shape index (κ2) is 4.47. The molecule has 2 rings (SSSR count). The lowest BCUT2D eigenvalue weighted by Gasteiger charge is -2.03. The first-order valence-electron chi connectivity index (χ1n) is 5.16. The quantitative estimate of drug-likeness (QED) is 0.753. The number of aromatic nitrogens is 1. The molecule has 0 amide bonds. The number of hydrogen-bond acceptors (Lipinski definition) is 3. The maximum atomic E-state index is 10.5. The van der Waals surface area contributed by atoms with Gasteiger partial charge in [-0.2, -0.15) is 0 Å². The van der Waals surface area contributed by atoms with Gasteiger partial charge in [0.15, 0.2) is 0 Å². The minimum atomic E-state index is -1.03. The van der Waals surface area contributed by atoms with E-state index >= 15 is 0 Å². The van der Waals surface area contributed by atoms with Crippen molar-refractivity contribution in [2.75, 3.05) is 7.11 Å². The van der Waals surface area contributed by atoms with E-state index in [1.165, 1.54) is 0 Å². The highest BCUT2D eigenvalue weighted by Crippen LogP contribution is 2.25.